The van der Waals surface area contributed by atoms with Crippen LogP contribution in [0.15, 0.2) is 23.2 Å². The van der Waals surface area contributed by atoms with Crippen LogP contribution in [0.25, 0.3) is 0 Å². The van der Waals surface area contributed by atoms with Gasteiger partial charge in [-0.1, -0.05) is 6.08 Å². The Morgan fingerprint density at radius 2 is 2.43 bits per heavy atom. The van der Waals surface area contributed by atoms with Gasteiger partial charge in [0.2, 0.25) is 5.76 Å². The number of ether oxygens (including phenoxy) is 3. The van der Waals surface area contributed by atoms with Crippen LogP contribution in [0.5, 0.6) is 5.88 Å². The predicted molar refractivity (Wildman–Crippen MR) is 81.4 cm³/mol. The molecular weight excluding hydrogens is 300 g/mol. The Bertz CT molecular complexity index is 558. The fourth-order valence-electron chi connectivity index (χ4n) is 3.35. The summed E-state index contributed by atoms with van der Waals surface area (Å²) in [7, 11) is 1.49. The van der Waals surface area contributed by atoms with Crippen molar-refractivity contribution in [1.82, 2.24) is 10.1 Å². The van der Waals surface area contributed by atoms with Crippen molar-refractivity contribution in [2.24, 2.45) is 5.92 Å². The molecule has 1 aliphatic heterocycles. The van der Waals surface area contributed by atoms with E-state index in [4.69, 9.17) is 18.7 Å². The van der Waals surface area contributed by atoms with Crippen molar-refractivity contribution >= 4 is 5.91 Å². The average molecular weight is 322 g/mol. The Labute approximate surface area is 135 Å². The average Bonchev–Trinajstić information content (AvgIpc) is 3.20. The molecule has 2 fully saturated rings. The summed E-state index contributed by atoms with van der Waals surface area (Å²) in [5, 5.41) is 3.70. The largest absolute Gasteiger partial charge is 0.479 e. The molecule has 1 aromatic heterocycles. The first kappa shape index (κ1) is 16.0. The summed E-state index contributed by atoms with van der Waals surface area (Å²) < 4.78 is 21.4. The van der Waals surface area contributed by atoms with E-state index in [0.717, 1.165) is 12.8 Å². The van der Waals surface area contributed by atoms with E-state index in [9.17, 15) is 4.79 Å². The topological polar surface area (TPSA) is 74.0 Å². The van der Waals surface area contributed by atoms with E-state index in [0.29, 0.717) is 38.2 Å². The maximum absolute atomic E-state index is 12.7. The number of hydrogen-bond acceptors (Lipinski definition) is 6. The molecule has 126 valence electrons. The third kappa shape index (κ3) is 3.40. The summed E-state index contributed by atoms with van der Waals surface area (Å²) in [6.07, 6.45) is 3.59. The SMILES string of the molecule is C=CCOCC1CC2OCCN(C(=O)c3cc(OC)no3)C2C1. The van der Waals surface area contributed by atoms with Crippen molar-refractivity contribution in [3.63, 3.8) is 0 Å². The Balaban J connectivity index is 1.65. The smallest absolute Gasteiger partial charge is 0.293 e. The fraction of sp³-hybridized carbons (Fsp3) is 0.625. The van der Waals surface area contributed by atoms with Crippen LogP contribution in [-0.4, -0.2) is 61.6 Å². The summed E-state index contributed by atoms with van der Waals surface area (Å²) >= 11 is 0. The van der Waals surface area contributed by atoms with E-state index in [1.165, 1.54) is 13.2 Å². The van der Waals surface area contributed by atoms with E-state index in [-0.39, 0.29) is 23.8 Å². The van der Waals surface area contributed by atoms with E-state index in [1.807, 2.05) is 4.90 Å². The quantitative estimate of drug-likeness (QED) is 0.584. The molecule has 1 amide bonds. The Morgan fingerprint density at radius 1 is 1.57 bits per heavy atom. The van der Waals surface area contributed by atoms with E-state index in [2.05, 4.69) is 11.7 Å². The molecule has 1 saturated heterocycles. The van der Waals surface area contributed by atoms with Gasteiger partial charge in [0.15, 0.2) is 0 Å². The lowest BCUT2D eigenvalue weighted by Gasteiger charge is -2.36. The number of morpholine rings is 1. The number of aromatic nitrogens is 1. The number of rotatable bonds is 6. The second-order valence-corrected chi connectivity index (χ2v) is 5.87. The molecule has 2 heterocycles. The summed E-state index contributed by atoms with van der Waals surface area (Å²) in [4.78, 5) is 14.5. The van der Waals surface area contributed by atoms with Gasteiger partial charge in [0.25, 0.3) is 11.8 Å². The Kier molecular flexibility index (Phi) is 4.97. The minimum absolute atomic E-state index is 0.0599. The number of fused-ring (bicyclic) bond motifs is 1. The third-order valence-corrected chi connectivity index (χ3v) is 4.39. The summed E-state index contributed by atoms with van der Waals surface area (Å²) in [6.45, 7) is 5.96. The summed E-state index contributed by atoms with van der Waals surface area (Å²) in [5.41, 5.74) is 0. The molecule has 23 heavy (non-hydrogen) atoms. The van der Waals surface area contributed by atoms with Crippen molar-refractivity contribution in [1.29, 1.82) is 0 Å². The first-order chi connectivity index (χ1) is 11.2. The lowest BCUT2D eigenvalue weighted by atomic mass is 10.1. The molecule has 7 nitrogen and oxygen atoms in total. The molecule has 3 rings (SSSR count). The zero-order chi connectivity index (χ0) is 16.2. The van der Waals surface area contributed by atoms with E-state index < -0.39 is 0 Å². The first-order valence-electron chi connectivity index (χ1n) is 7.84. The molecule has 0 bridgehead atoms. The Morgan fingerprint density at radius 3 is 3.17 bits per heavy atom. The number of methoxy groups -OCH3 is 1. The predicted octanol–water partition coefficient (Wildman–Crippen LogP) is 1.51. The normalized spacial score (nSPS) is 26.8. The standard InChI is InChI=1S/C16H22N2O5/c1-3-5-21-10-11-7-12-13(8-11)22-6-4-18(12)16(19)14-9-15(20-2)17-23-14/h3,9,11-13H,1,4-8,10H2,2H3. The number of carbonyl (C=O) groups excluding carboxylic acids is 1. The molecule has 1 aromatic rings. The van der Waals surface area contributed by atoms with Gasteiger partial charge in [-0.3, -0.25) is 4.79 Å². The van der Waals surface area contributed by atoms with E-state index >= 15 is 0 Å². The van der Waals surface area contributed by atoms with Gasteiger partial charge < -0.3 is 23.6 Å². The van der Waals surface area contributed by atoms with Gasteiger partial charge in [0.05, 0.1) is 38.5 Å². The third-order valence-electron chi connectivity index (χ3n) is 4.39. The molecule has 0 N–H and O–H groups in total. The van der Waals surface area contributed by atoms with Crippen molar-refractivity contribution in [3.05, 3.63) is 24.5 Å². The molecular formula is C16H22N2O5. The molecule has 3 unspecified atom stereocenters. The maximum atomic E-state index is 12.7. The van der Waals surface area contributed by atoms with Crippen molar-refractivity contribution < 1.29 is 23.5 Å². The monoisotopic (exact) mass is 322 g/mol. The molecule has 3 atom stereocenters. The van der Waals surface area contributed by atoms with Gasteiger partial charge >= 0.3 is 0 Å². The second kappa shape index (κ2) is 7.14. The zero-order valence-electron chi connectivity index (χ0n) is 13.3. The lowest BCUT2D eigenvalue weighted by molar-refractivity contribution is -0.0460. The molecule has 2 aliphatic rings. The van der Waals surface area contributed by atoms with E-state index in [1.54, 1.807) is 6.08 Å². The highest BCUT2D eigenvalue weighted by Gasteiger charge is 2.43. The first-order valence-corrected chi connectivity index (χ1v) is 7.84. The van der Waals surface area contributed by atoms with Crippen LogP contribution in [0.3, 0.4) is 0 Å². The molecule has 7 heteroatoms. The number of nitrogens with zero attached hydrogens (tertiary/aromatic N) is 2. The van der Waals surface area contributed by atoms with Crippen molar-refractivity contribution in [3.8, 4) is 5.88 Å². The molecule has 0 radical (unpaired) electrons. The highest BCUT2D eigenvalue weighted by molar-refractivity contribution is 5.92. The molecule has 1 saturated carbocycles. The van der Waals surface area contributed by atoms with Gasteiger partial charge in [-0.15, -0.1) is 6.58 Å². The van der Waals surface area contributed by atoms with Crippen LogP contribution < -0.4 is 4.74 Å². The van der Waals surface area contributed by atoms with Crippen molar-refractivity contribution in [2.75, 3.05) is 33.5 Å². The van der Waals surface area contributed by atoms with Crippen LogP contribution in [0.2, 0.25) is 0 Å². The van der Waals surface area contributed by atoms with Gasteiger partial charge in [-0.05, 0) is 23.9 Å². The molecule has 1 aliphatic carbocycles. The van der Waals surface area contributed by atoms with Gasteiger partial charge in [0, 0.05) is 13.2 Å². The second-order valence-electron chi connectivity index (χ2n) is 5.87. The maximum Gasteiger partial charge on any atom is 0.293 e. The van der Waals surface area contributed by atoms with Crippen LogP contribution in [-0.2, 0) is 9.47 Å². The number of hydrogen-bond donors (Lipinski definition) is 0. The van der Waals surface area contributed by atoms with Crippen LogP contribution in [0.1, 0.15) is 23.4 Å². The van der Waals surface area contributed by atoms with Crippen LogP contribution >= 0.6 is 0 Å². The van der Waals surface area contributed by atoms with Crippen molar-refractivity contribution in [2.45, 2.75) is 25.0 Å². The number of amides is 1. The summed E-state index contributed by atoms with van der Waals surface area (Å²) in [6, 6.07) is 1.58. The van der Waals surface area contributed by atoms with Gasteiger partial charge in [0.1, 0.15) is 0 Å². The lowest BCUT2D eigenvalue weighted by Crippen LogP contribution is -2.51. The summed E-state index contributed by atoms with van der Waals surface area (Å²) in [5.74, 6) is 0.739. The zero-order valence-corrected chi connectivity index (χ0v) is 13.3. The highest BCUT2D eigenvalue weighted by atomic mass is 16.5. The van der Waals surface area contributed by atoms with Gasteiger partial charge in [-0.2, -0.15) is 0 Å². The fourth-order valence-corrected chi connectivity index (χ4v) is 3.35. The number of carbonyl (C=O) groups is 1. The molecule has 0 aromatic carbocycles. The minimum Gasteiger partial charge on any atom is -0.479 e. The minimum atomic E-state index is -0.160. The van der Waals surface area contributed by atoms with Crippen LogP contribution in [0, 0.1) is 5.92 Å². The van der Waals surface area contributed by atoms with Crippen LogP contribution in [0.4, 0.5) is 0 Å². The molecule has 0 spiro atoms. The Hall–Kier alpha value is -1.86. The van der Waals surface area contributed by atoms with Gasteiger partial charge in [-0.25, -0.2) is 0 Å². The highest BCUT2D eigenvalue weighted by Crippen LogP contribution is 2.35.